The van der Waals surface area contributed by atoms with Crippen molar-refractivity contribution in [1.29, 1.82) is 0 Å². The molecule has 0 amide bonds. The van der Waals surface area contributed by atoms with E-state index in [1.165, 1.54) is 4.88 Å². The van der Waals surface area contributed by atoms with Gasteiger partial charge in [0.25, 0.3) is 0 Å². The summed E-state index contributed by atoms with van der Waals surface area (Å²) in [5.74, 6) is 0.267. The molecule has 0 aliphatic rings. The second kappa shape index (κ2) is 6.92. The van der Waals surface area contributed by atoms with Gasteiger partial charge in [0.05, 0.1) is 5.69 Å². The van der Waals surface area contributed by atoms with Crippen molar-refractivity contribution < 1.29 is 5.11 Å². The van der Waals surface area contributed by atoms with Gasteiger partial charge in [-0.2, -0.15) is 0 Å². The van der Waals surface area contributed by atoms with Crippen LogP contribution in [0.25, 0.3) is 10.6 Å². The van der Waals surface area contributed by atoms with Crippen LogP contribution in [0.5, 0.6) is 0 Å². The minimum Gasteiger partial charge on any atom is -0.396 e. The number of thiazole rings is 1. The molecule has 0 radical (unpaired) electrons. The predicted molar refractivity (Wildman–Crippen MR) is 82.7 cm³/mol. The summed E-state index contributed by atoms with van der Waals surface area (Å²) < 4.78 is 0. The first-order chi connectivity index (χ1) is 9.61. The SMILES string of the molecule is Cc1nc(-c2cccnc2)sc1C(C)NCC(C)CO. The van der Waals surface area contributed by atoms with E-state index < -0.39 is 0 Å². The summed E-state index contributed by atoms with van der Waals surface area (Å²) in [6.45, 7) is 7.22. The van der Waals surface area contributed by atoms with Crippen LogP contribution in [0.3, 0.4) is 0 Å². The summed E-state index contributed by atoms with van der Waals surface area (Å²) in [7, 11) is 0. The lowest BCUT2D eigenvalue weighted by Gasteiger charge is -2.15. The topological polar surface area (TPSA) is 58.0 Å². The Kier molecular flexibility index (Phi) is 5.23. The number of rotatable bonds is 6. The maximum atomic E-state index is 9.07. The van der Waals surface area contributed by atoms with Gasteiger partial charge < -0.3 is 10.4 Å². The van der Waals surface area contributed by atoms with E-state index in [0.29, 0.717) is 0 Å². The normalized spacial score (nSPS) is 14.2. The molecule has 0 saturated carbocycles. The number of aromatic nitrogens is 2. The molecule has 20 heavy (non-hydrogen) atoms. The highest BCUT2D eigenvalue weighted by Crippen LogP contribution is 2.31. The molecule has 2 N–H and O–H groups in total. The Balaban J connectivity index is 2.11. The van der Waals surface area contributed by atoms with Crippen LogP contribution < -0.4 is 5.32 Å². The van der Waals surface area contributed by atoms with Crippen LogP contribution in [0, 0.1) is 12.8 Å². The van der Waals surface area contributed by atoms with Gasteiger partial charge >= 0.3 is 0 Å². The highest BCUT2D eigenvalue weighted by Gasteiger charge is 2.15. The van der Waals surface area contributed by atoms with Crippen molar-refractivity contribution in [3.63, 3.8) is 0 Å². The van der Waals surface area contributed by atoms with E-state index in [1.807, 2.05) is 32.2 Å². The van der Waals surface area contributed by atoms with E-state index in [1.54, 1.807) is 17.5 Å². The fourth-order valence-corrected chi connectivity index (χ4v) is 3.04. The van der Waals surface area contributed by atoms with Gasteiger partial charge in [-0.3, -0.25) is 4.98 Å². The number of hydrogen-bond acceptors (Lipinski definition) is 5. The molecule has 0 aliphatic carbocycles. The summed E-state index contributed by atoms with van der Waals surface area (Å²) in [5.41, 5.74) is 2.12. The molecule has 108 valence electrons. The van der Waals surface area contributed by atoms with Crippen molar-refractivity contribution >= 4 is 11.3 Å². The first-order valence-corrected chi connectivity index (χ1v) is 7.65. The molecular weight excluding hydrogens is 270 g/mol. The average Bonchev–Trinajstić information content (AvgIpc) is 2.87. The minimum atomic E-state index is 0.211. The van der Waals surface area contributed by atoms with Gasteiger partial charge in [-0.25, -0.2) is 4.98 Å². The molecule has 2 unspecified atom stereocenters. The fraction of sp³-hybridized carbons (Fsp3) is 0.467. The molecule has 2 heterocycles. The van der Waals surface area contributed by atoms with Gasteiger partial charge in [-0.05, 0) is 31.9 Å². The first-order valence-electron chi connectivity index (χ1n) is 6.83. The molecule has 0 bridgehead atoms. The molecule has 0 aromatic carbocycles. The lowest BCUT2D eigenvalue weighted by Crippen LogP contribution is -2.25. The van der Waals surface area contributed by atoms with E-state index in [0.717, 1.165) is 22.8 Å². The van der Waals surface area contributed by atoms with Crippen LogP contribution >= 0.6 is 11.3 Å². The van der Waals surface area contributed by atoms with Crippen molar-refractivity contribution in [2.24, 2.45) is 5.92 Å². The Labute approximate surface area is 123 Å². The van der Waals surface area contributed by atoms with Crippen LogP contribution in [0.4, 0.5) is 0 Å². The summed E-state index contributed by atoms with van der Waals surface area (Å²) in [4.78, 5) is 10.0. The number of nitrogens with one attached hydrogen (secondary N) is 1. The number of aryl methyl sites for hydroxylation is 1. The van der Waals surface area contributed by atoms with Crippen molar-refractivity contribution in [3.05, 3.63) is 35.1 Å². The van der Waals surface area contributed by atoms with E-state index in [4.69, 9.17) is 5.11 Å². The van der Waals surface area contributed by atoms with Crippen LogP contribution in [0.1, 0.15) is 30.5 Å². The standard InChI is InChI=1S/C15H21N3OS/c1-10(9-19)7-17-11(2)14-12(3)18-15(20-14)13-5-4-6-16-8-13/h4-6,8,10-11,17,19H,7,9H2,1-3H3. The van der Waals surface area contributed by atoms with E-state index in [-0.39, 0.29) is 18.6 Å². The van der Waals surface area contributed by atoms with E-state index in [2.05, 4.69) is 22.2 Å². The van der Waals surface area contributed by atoms with Gasteiger partial charge in [0, 0.05) is 42.0 Å². The minimum absolute atomic E-state index is 0.211. The molecule has 2 rings (SSSR count). The van der Waals surface area contributed by atoms with Crippen LogP contribution in [0.15, 0.2) is 24.5 Å². The fourth-order valence-electron chi connectivity index (χ4n) is 1.96. The Morgan fingerprint density at radius 1 is 1.40 bits per heavy atom. The van der Waals surface area contributed by atoms with Crippen LogP contribution in [-0.4, -0.2) is 28.2 Å². The lowest BCUT2D eigenvalue weighted by atomic mass is 10.1. The predicted octanol–water partition coefficient (Wildman–Crippen LogP) is 2.79. The van der Waals surface area contributed by atoms with E-state index >= 15 is 0 Å². The molecule has 2 atom stereocenters. The molecule has 0 fully saturated rings. The third-order valence-electron chi connectivity index (χ3n) is 3.22. The summed E-state index contributed by atoms with van der Waals surface area (Å²) in [6.07, 6.45) is 3.61. The van der Waals surface area contributed by atoms with Gasteiger partial charge in [0.15, 0.2) is 0 Å². The van der Waals surface area contributed by atoms with Crippen molar-refractivity contribution in [1.82, 2.24) is 15.3 Å². The zero-order valence-corrected chi connectivity index (χ0v) is 12.9. The maximum absolute atomic E-state index is 9.07. The number of nitrogens with zero attached hydrogens (tertiary/aromatic N) is 2. The summed E-state index contributed by atoms with van der Waals surface area (Å²) in [5, 5.41) is 13.5. The first kappa shape index (κ1) is 15.1. The largest absolute Gasteiger partial charge is 0.396 e. The smallest absolute Gasteiger partial charge is 0.125 e. The van der Waals surface area contributed by atoms with Crippen LogP contribution in [0.2, 0.25) is 0 Å². The second-order valence-corrected chi connectivity index (χ2v) is 6.16. The number of hydrogen-bond donors (Lipinski definition) is 2. The molecule has 4 nitrogen and oxygen atoms in total. The Morgan fingerprint density at radius 2 is 2.20 bits per heavy atom. The zero-order valence-electron chi connectivity index (χ0n) is 12.1. The monoisotopic (exact) mass is 291 g/mol. The van der Waals surface area contributed by atoms with Crippen molar-refractivity contribution in [2.45, 2.75) is 26.8 Å². The van der Waals surface area contributed by atoms with Crippen molar-refractivity contribution in [2.75, 3.05) is 13.2 Å². The average molecular weight is 291 g/mol. The third-order valence-corrected chi connectivity index (χ3v) is 4.61. The molecule has 0 spiro atoms. The summed E-state index contributed by atoms with van der Waals surface area (Å²) in [6, 6.07) is 4.20. The van der Waals surface area contributed by atoms with Gasteiger partial charge in [-0.15, -0.1) is 11.3 Å². The quantitative estimate of drug-likeness (QED) is 0.859. The number of pyridine rings is 1. The molecule has 2 aromatic rings. The highest BCUT2D eigenvalue weighted by atomic mass is 32.1. The molecule has 2 aromatic heterocycles. The number of aliphatic hydroxyl groups excluding tert-OH is 1. The van der Waals surface area contributed by atoms with Gasteiger partial charge in [-0.1, -0.05) is 6.92 Å². The van der Waals surface area contributed by atoms with Gasteiger partial charge in [0.1, 0.15) is 5.01 Å². The molecule has 0 saturated heterocycles. The van der Waals surface area contributed by atoms with Gasteiger partial charge in [0.2, 0.25) is 0 Å². The molecule has 5 heteroatoms. The van der Waals surface area contributed by atoms with Crippen molar-refractivity contribution in [3.8, 4) is 10.6 Å². The third kappa shape index (κ3) is 3.62. The zero-order chi connectivity index (χ0) is 14.5. The molecular formula is C15H21N3OS. The lowest BCUT2D eigenvalue weighted by molar-refractivity contribution is 0.231. The maximum Gasteiger partial charge on any atom is 0.125 e. The van der Waals surface area contributed by atoms with E-state index in [9.17, 15) is 0 Å². The summed E-state index contributed by atoms with van der Waals surface area (Å²) >= 11 is 1.70. The Hall–Kier alpha value is -1.30. The second-order valence-electron chi connectivity index (χ2n) is 5.13. The Bertz CT molecular complexity index is 541. The Morgan fingerprint density at radius 3 is 2.85 bits per heavy atom. The number of aliphatic hydroxyl groups is 1. The molecule has 0 aliphatic heterocycles. The highest BCUT2D eigenvalue weighted by molar-refractivity contribution is 7.15. The van der Waals surface area contributed by atoms with Crippen LogP contribution in [-0.2, 0) is 0 Å².